The Labute approximate surface area is 187 Å². The Balaban J connectivity index is 2.10. The van der Waals surface area contributed by atoms with Crippen molar-refractivity contribution in [2.24, 2.45) is 16.3 Å². The van der Waals surface area contributed by atoms with E-state index in [-0.39, 0.29) is 17.8 Å². The summed E-state index contributed by atoms with van der Waals surface area (Å²) in [5.41, 5.74) is 1.25. The number of carbonyl (C=O) groups is 2. The zero-order valence-corrected chi connectivity index (χ0v) is 19.0. The first-order valence-corrected chi connectivity index (χ1v) is 11.0. The number of unbranched alkanes of at least 4 members (excludes halogenated alkanes) is 2. The molecule has 0 spiro atoms. The van der Waals surface area contributed by atoms with Crippen LogP contribution in [0.4, 0.5) is 5.69 Å². The van der Waals surface area contributed by atoms with Crippen molar-refractivity contribution in [2.75, 3.05) is 6.61 Å². The van der Waals surface area contributed by atoms with Crippen LogP contribution >= 0.6 is 0 Å². The van der Waals surface area contributed by atoms with Gasteiger partial charge >= 0.3 is 11.7 Å². The first-order chi connectivity index (χ1) is 15.1. The molecule has 0 saturated carbocycles. The summed E-state index contributed by atoms with van der Waals surface area (Å²) in [4.78, 5) is 41.7. The van der Waals surface area contributed by atoms with Gasteiger partial charge in [-0.1, -0.05) is 39.7 Å². The Bertz CT molecular complexity index is 1010. The van der Waals surface area contributed by atoms with Gasteiger partial charge in [0.1, 0.15) is 5.92 Å². The van der Waals surface area contributed by atoms with Crippen LogP contribution in [0, 0.1) is 21.4 Å². The number of nitro groups is 1. The molecule has 1 N–H and O–H groups in total. The molecule has 1 aromatic rings. The van der Waals surface area contributed by atoms with Gasteiger partial charge in [-0.2, -0.15) is 0 Å². The molecule has 32 heavy (non-hydrogen) atoms. The Morgan fingerprint density at radius 2 is 2.03 bits per heavy atom. The largest absolute Gasteiger partial charge is 0.502 e. The molecule has 1 aromatic carbocycles. The van der Waals surface area contributed by atoms with Crippen molar-refractivity contribution in [2.45, 2.75) is 65.7 Å². The second kappa shape index (κ2) is 9.22. The number of phenols is 1. The SMILES string of the molecule is CCCCCOC(=O)C1C(C)=NC2=C(C(=O)CC(C)(C)C2)[C@@H]1c1ccc(O)c([N+](=O)[O-])c1. The van der Waals surface area contributed by atoms with Crippen LogP contribution in [-0.2, 0) is 14.3 Å². The average molecular weight is 443 g/mol. The van der Waals surface area contributed by atoms with E-state index in [4.69, 9.17) is 4.74 Å². The lowest BCUT2D eigenvalue weighted by atomic mass is 9.67. The minimum Gasteiger partial charge on any atom is -0.502 e. The highest BCUT2D eigenvalue weighted by Gasteiger charge is 2.46. The number of benzene rings is 1. The monoisotopic (exact) mass is 442 g/mol. The van der Waals surface area contributed by atoms with E-state index in [1.807, 2.05) is 13.8 Å². The van der Waals surface area contributed by atoms with Gasteiger partial charge in [0.05, 0.1) is 11.5 Å². The third-order valence-corrected chi connectivity index (χ3v) is 6.10. The summed E-state index contributed by atoms with van der Waals surface area (Å²) in [5, 5.41) is 21.3. The fraction of sp³-hybridized carbons (Fsp3) is 0.542. The maximum atomic E-state index is 13.2. The van der Waals surface area contributed by atoms with E-state index in [0.717, 1.165) is 19.3 Å². The number of ketones is 1. The smallest absolute Gasteiger partial charge is 0.315 e. The number of allylic oxidation sites excluding steroid dienone is 2. The summed E-state index contributed by atoms with van der Waals surface area (Å²) in [6.07, 6.45) is 3.53. The lowest BCUT2D eigenvalue weighted by Gasteiger charge is -2.38. The number of carbonyl (C=O) groups excluding carboxylic acids is 2. The zero-order valence-electron chi connectivity index (χ0n) is 19.0. The molecule has 0 bridgehead atoms. The summed E-state index contributed by atoms with van der Waals surface area (Å²) in [5.74, 6) is -2.68. The van der Waals surface area contributed by atoms with Gasteiger partial charge in [-0.05, 0) is 36.8 Å². The molecule has 0 aromatic heterocycles. The lowest BCUT2D eigenvalue weighted by Crippen LogP contribution is -2.39. The van der Waals surface area contributed by atoms with Crippen molar-refractivity contribution in [1.29, 1.82) is 0 Å². The predicted octanol–water partition coefficient (Wildman–Crippen LogP) is 4.85. The quantitative estimate of drug-likeness (QED) is 0.279. The molecule has 0 saturated heterocycles. The third-order valence-electron chi connectivity index (χ3n) is 6.10. The molecular formula is C24H30N2O6. The Morgan fingerprint density at radius 3 is 2.69 bits per heavy atom. The van der Waals surface area contributed by atoms with Gasteiger partial charge in [-0.15, -0.1) is 0 Å². The van der Waals surface area contributed by atoms with Crippen LogP contribution < -0.4 is 0 Å². The fourth-order valence-electron chi connectivity index (χ4n) is 4.61. The standard InChI is InChI=1S/C24H30N2O6/c1-5-6-7-10-32-23(29)20-14(2)25-16-12-24(3,4)13-19(28)22(16)21(20)15-8-9-18(27)17(11-15)26(30)31/h8-9,11,20-21,27H,5-7,10,12-13H2,1-4H3/t20?,21-/m1/s1. The molecule has 2 aliphatic rings. The van der Waals surface area contributed by atoms with Crippen LogP contribution in [0.2, 0.25) is 0 Å². The average Bonchev–Trinajstić information content (AvgIpc) is 2.69. The van der Waals surface area contributed by atoms with Crippen LogP contribution in [-0.4, -0.2) is 34.1 Å². The minimum atomic E-state index is -0.857. The van der Waals surface area contributed by atoms with Crippen molar-refractivity contribution in [3.8, 4) is 5.75 Å². The molecule has 3 rings (SSSR count). The van der Waals surface area contributed by atoms with E-state index in [2.05, 4.69) is 11.9 Å². The van der Waals surface area contributed by atoms with Gasteiger partial charge < -0.3 is 9.84 Å². The van der Waals surface area contributed by atoms with Gasteiger partial charge in [0, 0.05) is 35.4 Å². The number of hydrogen-bond donors (Lipinski definition) is 1. The van der Waals surface area contributed by atoms with Gasteiger partial charge in [0.2, 0.25) is 0 Å². The van der Waals surface area contributed by atoms with E-state index in [9.17, 15) is 24.8 Å². The number of nitrogens with zero attached hydrogens (tertiary/aromatic N) is 2. The van der Waals surface area contributed by atoms with Crippen molar-refractivity contribution in [3.05, 3.63) is 45.1 Å². The van der Waals surface area contributed by atoms with Crippen molar-refractivity contribution in [1.82, 2.24) is 0 Å². The molecule has 1 unspecified atom stereocenters. The second-order valence-corrected chi connectivity index (χ2v) is 9.39. The van der Waals surface area contributed by atoms with Gasteiger partial charge in [0.25, 0.3) is 0 Å². The van der Waals surface area contributed by atoms with Crippen LogP contribution in [0.25, 0.3) is 0 Å². The number of esters is 1. The summed E-state index contributed by atoms with van der Waals surface area (Å²) < 4.78 is 5.53. The molecule has 2 atom stereocenters. The molecule has 8 heteroatoms. The highest BCUT2D eigenvalue weighted by atomic mass is 16.6. The zero-order chi connectivity index (χ0) is 23.6. The van der Waals surface area contributed by atoms with Crippen LogP contribution in [0.15, 0.2) is 34.5 Å². The summed E-state index contributed by atoms with van der Waals surface area (Å²) in [7, 11) is 0. The summed E-state index contributed by atoms with van der Waals surface area (Å²) in [6.45, 7) is 8.04. The first kappa shape index (κ1) is 23.6. The Morgan fingerprint density at radius 1 is 1.31 bits per heavy atom. The maximum absolute atomic E-state index is 13.2. The van der Waals surface area contributed by atoms with Gasteiger partial charge in [-0.25, -0.2) is 0 Å². The molecule has 1 aliphatic carbocycles. The van der Waals surface area contributed by atoms with E-state index >= 15 is 0 Å². The number of phenolic OH excluding ortho intramolecular Hbond substituents is 1. The molecule has 172 valence electrons. The topological polar surface area (TPSA) is 119 Å². The number of aliphatic imine (C=N–C) groups is 1. The number of rotatable bonds is 7. The number of ether oxygens (including phenoxy) is 1. The van der Waals surface area contributed by atoms with E-state index in [0.29, 0.717) is 35.4 Å². The van der Waals surface area contributed by atoms with E-state index in [1.165, 1.54) is 18.2 Å². The molecular weight excluding hydrogens is 412 g/mol. The molecule has 8 nitrogen and oxygen atoms in total. The maximum Gasteiger partial charge on any atom is 0.315 e. The van der Waals surface area contributed by atoms with Crippen LogP contribution in [0.5, 0.6) is 5.75 Å². The normalized spacial score (nSPS) is 22.2. The van der Waals surface area contributed by atoms with E-state index < -0.39 is 34.2 Å². The van der Waals surface area contributed by atoms with Gasteiger partial charge in [-0.3, -0.25) is 24.7 Å². The number of nitro benzene ring substituents is 1. The van der Waals surface area contributed by atoms with Crippen LogP contribution in [0.1, 0.15) is 71.3 Å². The third kappa shape index (κ3) is 4.74. The Hall–Kier alpha value is -3.03. The molecule has 0 radical (unpaired) electrons. The molecule has 1 aliphatic heterocycles. The first-order valence-electron chi connectivity index (χ1n) is 11.0. The second-order valence-electron chi connectivity index (χ2n) is 9.39. The van der Waals surface area contributed by atoms with Crippen molar-refractivity contribution in [3.63, 3.8) is 0 Å². The van der Waals surface area contributed by atoms with Crippen LogP contribution in [0.3, 0.4) is 0 Å². The lowest BCUT2D eigenvalue weighted by molar-refractivity contribution is -0.385. The predicted molar refractivity (Wildman–Crippen MR) is 120 cm³/mol. The highest BCUT2D eigenvalue weighted by Crippen LogP contribution is 2.48. The van der Waals surface area contributed by atoms with Gasteiger partial charge in [0.15, 0.2) is 11.5 Å². The number of aromatic hydroxyl groups is 1. The summed E-state index contributed by atoms with van der Waals surface area (Å²) >= 11 is 0. The van der Waals surface area contributed by atoms with Crippen molar-refractivity contribution < 1.29 is 24.4 Å². The van der Waals surface area contributed by atoms with E-state index in [1.54, 1.807) is 6.92 Å². The number of hydrogen-bond acceptors (Lipinski definition) is 7. The highest BCUT2D eigenvalue weighted by molar-refractivity contribution is 6.09. The fourth-order valence-corrected chi connectivity index (χ4v) is 4.61. The minimum absolute atomic E-state index is 0.114. The summed E-state index contributed by atoms with van der Waals surface area (Å²) in [6, 6.07) is 4.00. The van der Waals surface area contributed by atoms with Crippen molar-refractivity contribution >= 4 is 23.2 Å². The molecule has 0 fully saturated rings. The Kier molecular flexibility index (Phi) is 6.81. The molecule has 1 heterocycles. The number of Topliss-reactive ketones (excluding diaryl/α,β-unsaturated/α-hetero) is 1. The molecule has 0 amide bonds.